The highest BCUT2D eigenvalue weighted by Crippen LogP contribution is 2.44. The molecule has 0 aliphatic carbocycles. The molecular formula is C39H28B5N3O2. The van der Waals surface area contributed by atoms with Gasteiger partial charge in [0.15, 0.2) is 17.5 Å². The zero-order valence-electron chi connectivity index (χ0n) is 28.1. The number of fused-ring (bicyclic) bond motifs is 6. The number of benzene rings is 6. The Morgan fingerprint density at radius 3 is 1.67 bits per heavy atom. The quantitative estimate of drug-likeness (QED) is 0.279. The molecular weight excluding hydrogens is 597 g/mol. The summed E-state index contributed by atoms with van der Waals surface area (Å²) in [4.78, 5) is 15.5. The summed E-state index contributed by atoms with van der Waals surface area (Å²) in [6.07, 6.45) is 0. The number of nitrogens with zero attached hydrogens (tertiary/aromatic N) is 3. The normalized spacial score (nSPS) is 11.7. The van der Waals surface area contributed by atoms with Crippen molar-refractivity contribution in [3.05, 3.63) is 109 Å². The van der Waals surface area contributed by atoms with Crippen LogP contribution in [0.15, 0.2) is 118 Å². The molecule has 0 bridgehead atoms. The van der Waals surface area contributed by atoms with Gasteiger partial charge in [-0.15, -0.1) is 16.4 Å². The van der Waals surface area contributed by atoms with Gasteiger partial charge < -0.3 is 8.83 Å². The van der Waals surface area contributed by atoms with E-state index in [1.807, 2.05) is 66.7 Å². The van der Waals surface area contributed by atoms with Crippen LogP contribution in [-0.4, -0.2) is 54.2 Å². The van der Waals surface area contributed by atoms with Gasteiger partial charge in [-0.05, 0) is 23.8 Å². The number of aromatic nitrogens is 3. The van der Waals surface area contributed by atoms with E-state index in [4.69, 9.17) is 23.8 Å². The molecule has 49 heavy (non-hydrogen) atoms. The predicted molar refractivity (Wildman–Crippen MR) is 217 cm³/mol. The minimum Gasteiger partial charge on any atom is -0.456 e. The van der Waals surface area contributed by atoms with Crippen LogP contribution in [0.1, 0.15) is 0 Å². The van der Waals surface area contributed by atoms with E-state index in [1.165, 1.54) is 27.3 Å². The molecule has 5 nitrogen and oxygen atoms in total. The molecule has 3 aromatic heterocycles. The summed E-state index contributed by atoms with van der Waals surface area (Å²) >= 11 is 0. The molecule has 0 amide bonds. The molecule has 9 rings (SSSR count). The monoisotopic (exact) mass is 625 g/mol. The average Bonchev–Trinajstić information content (AvgIpc) is 3.72. The molecule has 0 saturated carbocycles. The van der Waals surface area contributed by atoms with Crippen molar-refractivity contribution >= 4 is 110 Å². The average molecular weight is 625 g/mol. The lowest BCUT2D eigenvalue weighted by molar-refractivity contribution is 0.668. The van der Waals surface area contributed by atoms with Crippen molar-refractivity contribution in [2.24, 2.45) is 0 Å². The van der Waals surface area contributed by atoms with Crippen molar-refractivity contribution in [3.8, 4) is 45.3 Å². The Labute approximate surface area is 287 Å². The van der Waals surface area contributed by atoms with E-state index in [9.17, 15) is 0 Å². The number of hydrogen-bond donors (Lipinski definition) is 0. The standard InChI is InChI=1S/C39H28B5N3O2/c40-31-30(32(41)34(43)35(44)33(31)42)39-46-37(19-9-2-1-3-10-19)45-38(47-39)24-15-8-18-27-29(24)28-21(12-7-17-26(28)48-27)23-14-6-13-22-20-11-4-5-16-25(20)49-36(22)23/h1-18H,40-44H2. The van der Waals surface area contributed by atoms with Gasteiger partial charge in [-0.2, -0.15) is 0 Å². The molecule has 3 heterocycles. The van der Waals surface area contributed by atoms with Gasteiger partial charge in [0.2, 0.25) is 0 Å². The Balaban J connectivity index is 1.36. The van der Waals surface area contributed by atoms with Gasteiger partial charge in [0.05, 0.1) is 0 Å². The highest BCUT2D eigenvalue weighted by atomic mass is 16.3. The minimum absolute atomic E-state index is 0.601. The molecule has 226 valence electrons. The Morgan fingerprint density at radius 2 is 0.918 bits per heavy atom. The van der Waals surface area contributed by atoms with Crippen LogP contribution in [-0.2, 0) is 0 Å². The summed E-state index contributed by atoms with van der Waals surface area (Å²) in [5.41, 5.74) is 14.4. The number of furan rings is 2. The van der Waals surface area contributed by atoms with Crippen molar-refractivity contribution in [2.45, 2.75) is 0 Å². The van der Waals surface area contributed by atoms with Crippen molar-refractivity contribution < 1.29 is 8.83 Å². The van der Waals surface area contributed by atoms with E-state index in [2.05, 4.69) is 81.7 Å². The Hall–Kier alpha value is -5.75. The van der Waals surface area contributed by atoms with Gasteiger partial charge in [-0.3, -0.25) is 0 Å². The fourth-order valence-corrected chi connectivity index (χ4v) is 7.40. The fourth-order valence-electron chi connectivity index (χ4n) is 7.40. The van der Waals surface area contributed by atoms with Crippen LogP contribution in [0, 0.1) is 0 Å². The van der Waals surface area contributed by atoms with Crippen LogP contribution in [0.4, 0.5) is 0 Å². The summed E-state index contributed by atoms with van der Waals surface area (Å²) < 4.78 is 13.1. The number of hydrogen-bond acceptors (Lipinski definition) is 5. The zero-order valence-corrected chi connectivity index (χ0v) is 28.1. The Kier molecular flexibility index (Phi) is 6.70. The van der Waals surface area contributed by atoms with Crippen LogP contribution >= 0.6 is 0 Å². The number of rotatable bonds is 4. The van der Waals surface area contributed by atoms with Gasteiger partial charge in [-0.25, -0.2) is 15.0 Å². The second-order valence-electron chi connectivity index (χ2n) is 12.9. The van der Waals surface area contributed by atoms with Gasteiger partial charge in [0.1, 0.15) is 61.6 Å². The van der Waals surface area contributed by atoms with E-state index in [0.717, 1.165) is 71.7 Å². The number of para-hydroxylation sites is 2. The Morgan fingerprint density at radius 1 is 0.388 bits per heavy atom. The van der Waals surface area contributed by atoms with Gasteiger partial charge in [-0.1, -0.05) is 102 Å². The van der Waals surface area contributed by atoms with Crippen LogP contribution in [0.2, 0.25) is 0 Å². The molecule has 0 fully saturated rings. The summed E-state index contributed by atoms with van der Waals surface area (Å²) in [7, 11) is 10.9. The molecule has 0 N–H and O–H groups in total. The first-order chi connectivity index (χ1) is 23.9. The van der Waals surface area contributed by atoms with E-state index in [0.29, 0.717) is 17.5 Å². The van der Waals surface area contributed by atoms with Crippen LogP contribution in [0.25, 0.3) is 89.2 Å². The molecule has 0 radical (unpaired) electrons. The third-order valence-corrected chi connectivity index (χ3v) is 10.3. The first kappa shape index (κ1) is 29.4. The molecule has 0 unspecified atom stereocenters. The van der Waals surface area contributed by atoms with Crippen molar-refractivity contribution in [2.75, 3.05) is 0 Å². The van der Waals surface area contributed by atoms with E-state index >= 15 is 0 Å². The highest BCUT2D eigenvalue weighted by Gasteiger charge is 2.23. The summed E-state index contributed by atoms with van der Waals surface area (Å²) in [6.45, 7) is 0. The molecule has 0 atom stereocenters. The van der Waals surface area contributed by atoms with Crippen molar-refractivity contribution in [3.63, 3.8) is 0 Å². The fraction of sp³-hybridized carbons (Fsp3) is 0. The van der Waals surface area contributed by atoms with E-state index in [1.54, 1.807) is 0 Å². The minimum atomic E-state index is 0.601. The third-order valence-electron chi connectivity index (χ3n) is 10.3. The van der Waals surface area contributed by atoms with Crippen molar-refractivity contribution in [1.82, 2.24) is 15.0 Å². The summed E-state index contributed by atoms with van der Waals surface area (Å²) in [6, 6.07) is 37.0. The largest absolute Gasteiger partial charge is 0.456 e. The molecule has 10 heteroatoms. The smallest absolute Gasteiger partial charge is 0.164 e. The van der Waals surface area contributed by atoms with Crippen molar-refractivity contribution in [1.29, 1.82) is 0 Å². The lowest BCUT2D eigenvalue weighted by Crippen LogP contribution is -2.55. The van der Waals surface area contributed by atoms with E-state index in [-0.39, 0.29) is 0 Å². The Bertz CT molecular complexity index is 2760. The van der Waals surface area contributed by atoms with Crippen LogP contribution in [0.3, 0.4) is 0 Å². The van der Waals surface area contributed by atoms with E-state index < -0.39 is 0 Å². The SMILES string of the molecule is Bc1c(B)c(B)c(-c2nc(-c3ccccc3)nc(-c3cccc4oc5cccc(-c6cccc7c6oc6ccccc67)c5c34)n2)c(B)c1B. The molecule has 0 aliphatic rings. The van der Waals surface area contributed by atoms with Gasteiger partial charge >= 0.3 is 0 Å². The first-order valence-electron chi connectivity index (χ1n) is 16.6. The molecule has 0 spiro atoms. The zero-order chi connectivity index (χ0) is 33.4. The lowest BCUT2D eigenvalue weighted by Gasteiger charge is -2.20. The predicted octanol–water partition coefficient (Wildman–Crippen LogP) is 1.63. The maximum atomic E-state index is 6.56. The molecule has 0 aliphatic heterocycles. The summed E-state index contributed by atoms with van der Waals surface area (Å²) in [5, 5.41) is 4.14. The molecule has 6 aromatic carbocycles. The van der Waals surface area contributed by atoms with Gasteiger partial charge in [0, 0.05) is 43.8 Å². The lowest BCUT2D eigenvalue weighted by atomic mass is 9.60. The van der Waals surface area contributed by atoms with Gasteiger partial charge in [0.25, 0.3) is 0 Å². The topological polar surface area (TPSA) is 65.0 Å². The van der Waals surface area contributed by atoms with Crippen LogP contribution in [0.5, 0.6) is 0 Å². The first-order valence-corrected chi connectivity index (χ1v) is 16.6. The second kappa shape index (κ2) is 11.2. The molecule has 9 aromatic rings. The molecule has 0 saturated heterocycles. The second-order valence-corrected chi connectivity index (χ2v) is 12.9. The third kappa shape index (κ3) is 4.51. The van der Waals surface area contributed by atoms with Crippen LogP contribution < -0.4 is 27.3 Å². The maximum Gasteiger partial charge on any atom is 0.164 e. The maximum absolute atomic E-state index is 6.56. The summed E-state index contributed by atoms with van der Waals surface area (Å²) in [5.74, 6) is 1.90. The highest BCUT2D eigenvalue weighted by molar-refractivity contribution is 6.68.